The SMILES string of the molecule is [B]Oc1c(C)cc(-c2cc(C)c(OF)c(C)c2C)c(C)c1C. The highest BCUT2D eigenvalue weighted by atomic mass is 19.3. The smallest absolute Gasteiger partial charge is 0.374 e. The minimum absolute atomic E-state index is 0.300. The lowest BCUT2D eigenvalue weighted by molar-refractivity contribution is -0.00787. The predicted molar refractivity (Wildman–Crippen MR) is 88.4 cm³/mol. The fourth-order valence-corrected chi connectivity index (χ4v) is 2.98. The molecule has 4 heteroatoms. The third-order valence-corrected chi connectivity index (χ3v) is 4.54. The molecule has 2 aromatic carbocycles. The zero-order chi connectivity index (χ0) is 16.6. The number of halogens is 1. The summed E-state index contributed by atoms with van der Waals surface area (Å²) in [6.45, 7) is 11.7. The van der Waals surface area contributed by atoms with Gasteiger partial charge >= 0.3 is 8.05 Å². The Morgan fingerprint density at radius 3 is 1.55 bits per heavy atom. The van der Waals surface area contributed by atoms with Crippen molar-refractivity contribution >= 4 is 8.05 Å². The molecule has 0 saturated carbocycles. The molecule has 2 aromatic rings. The Kier molecular flexibility index (Phi) is 4.50. The average molecular weight is 298 g/mol. The first-order chi connectivity index (χ1) is 10.3. The highest BCUT2D eigenvalue weighted by Crippen LogP contribution is 2.39. The van der Waals surface area contributed by atoms with Gasteiger partial charge in [0, 0.05) is 4.53 Å². The fourth-order valence-electron chi connectivity index (χ4n) is 2.98. The second-order valence-corrected chi connectivity index (χ2v) is 5.84. The molecule has 0 amide bonds. The second-order valence-electron chi connectivity index (χ2n) is 5.84. The molecule has 114 valence electrons. The summed E-state index contributed by atoms with van der Waals surface area (Å²) in [5.41, 5.74) is 7.84. The summed E-state index contributed by atoms with van der Waals surface area (Å²) >= 11 is 0. The van der Waals surface area contributed by atoms with E-state index < -0.39 is 0 Å². The van der Waals surface area contributed by atoms with Gasteiger partial charge < -0.3 is 4.65 Å². The summed E-state index contributed by atoms with van der Waals surface area (Å²) in [5, 5.41) is 0. The quantitative estimate of drug-likeness (QED) is 0.748. The summed E-state index contributed by atoms with van der Waals surface area (Å²) < 4.78 is 17.7. The maximum absolute atomic E-state index is 12.7. The Morgan fingerprint density at radius 2 is 1.14 bits per heavy atom. The van der Waals surface area contributed by atoms with Gasteiger partial charge in [0.15, 0.2) is 5.75 Å². The van der Waals surface area contributed by atoms with E-state index in [1.807, 2.05) is 47.6 Å². The van der Waals surface area contributed by atoms with Crippen molar-refractivity contribution in [3.63, 3.8) is 0 Å². The highest BCUT2D eigenvalue weighted by Gasteiger charge is 2.17. The number of hydrogen-bond donors (Lipinski definition) is 0. The number of aryl methyl sites for hydroxylation is 2. The minimum atomic E-state index is 0.300. The van der Waals surface area contributed by atoms with E-state index in [-0.39, 0.29) is 0 Å². The normalized spacial score (nSPS) is 10.7. The van der Waals surface area contributed by atoms with Gasteiger partial charge in [-0.15, -0.1) is 0 Å². The summed E-state index contributed by atoms with van der Waals surface area (Å²) in [6, 6.07) is 4.02. The molecule has 0 aliphatic rings. The molecule has 0 saturated heterocycles. The molecule has 0 aliphatic carbocycles. The maximum Gasteiger partial charge on any atom is 0.374 e. The van der Waals surface area contributed by atoms with Gasteiger partial charge in [0.25, 0.3) is 0 Å². The number of benzene rings is 2. The first kappa shape index (κ1) is 16.4. The lowest BCUT2D eigenvalue weighted by Crippen LogP contribution is -2.00. The van der Waals surface area contributed by atoms with Gasteiger partial charge in [0.05, 0.1) is 0 Å². The molecule has 0 heterocycles. The lowest BCUT2D eigenvalue weighted by atomic mass is 9.88. The topological polar surface area (TPSA) is 18.5 Å². The Balaban J connectivity index is 2.78. The zero-order valence-electron chi connectivity index (χ0n) is 13.9. The van der Waals surface area contributed by atoms with Gasteiger partial charge in [-0.1, -0.05) is 0 Å². The van der Waals surface area contributed by atoms with Gasteiger partial charge in [-0.05, 0) is 98.2 Å². The molecule has 0 unspecified atom stereocenters. The summed E-state index contributed by atoms with van der Waals surface area (Å²) in [4.78, 5) is 4.03. The molecule has 0 aromatic heterocycles. The number of hydrogen-bond acceptors (Lipinski definition) is 2. The van der Waals surface area contributed by atoms with Crippen LogP contribution in [0.2, 0.25) is 0 Å². The molecule has 2 rings (SSSR count). The van der Waals surface area contributed by atoms with Crippen molar-refractivity contribution < 1.29 is 14.1 Å². The first-order valence-corrected chi connectivity index (χ1v) is 7.20. The molecule has 0 aliphatic heterocycles. The molecule has 0 bridgehead atoms. The minimum Gasteiger partial charge on any atom is -0.567 e. The van der Waals surface area contributed by atoms with E-state index in [2.05, 4.69) is 11.0 Å². The van der Waals surface area contributed by atoms with Crippen LogP contribution >= 0.6 is 0 Å². The monoisotopic (exact) mass is 298 g/mol. The Morgan fingerprint density at radius 1 is 0.727 bits per heavy atom. The van der Waals surface area contributed by atoms with Crippen molar-refractivity contribution in [3.8, 4) is 22.6 Å². The van der Waals surface area contributed by atoms with Crippen LogP contribution in [0.1, 0.15) is 33.4 Å². The molecule has 0 spiro atoms. The van der Waals surface area contributed by atoms with E-state index in [4.69, 9.17) is 12.7 Å². The van der Waals surface area contributed by atoms with Crippen molar-refractivity contribution in [1.82, 2.24) is 0 Å². The van der Waals surface area contributed by atoms with Crippen LogP contribution in [0, 0.1) is 41.5 Å². The van der Waals surface area contributed by atoms with E-state index in [1.54, 1.807) is 0 Å². The molecular formula is C18H20BFO2. The van der Waals surface area contributed by atoms with Crippen molar-refractivity contribution in [2.75, 3.05) is 0 Å². The van der Waals surface area contributed by atoms with Crippen LogP contribution in [0.25, 0.3) is 11.1 Å². The number of rotatable bonds is 3. The molecular weight excluding hydrogens is 278 g/mol. The van der Waals surface area contributed by atoms with Crippen molar-refractivity contribution in [3.05, 3.63) is 45.5 Å². The molecule has 0 atom stereocenters. The van der Waals surface area contributed by atoms with Crippen LogP contribution in [0.3, 0.4) is 0 Å². The van der Waals surface area contributed by atoms with Crippen LogP contribution < -0.4 is 9.60 Å². The van der Waals surface area contributed by atoms with Crippen LogP contribution in [0.5, 0.6) is 11.5 Å². The second kappa shape index (κ2) is 6.03. The van der Waals surface area contributed by atoms with Crippen molar-refractivity contribution in [2.24, 2.45) is 0 Å². The van der Waals surface area contributed by atoms with Gasteiger partial charge in [0.2, 0.25) is 0 Å². The van der Waals surface area contributed by atoms with Crippen LogP contribution in [-0.4, -0.2) is 8.05 Å². The highest BCUT2D eigenvalue weighted by molar-refractivity contribution is 6.00. The van der Waals surface area contributed by atoms with E-state index in [1.165, 1.54) is 0 Å². The largest absolute Gasteiger partial charge is 0.567 e. The molecule has 0 N–H and O–H groups in total. The average Bonchev–Trinajstić information content (AvgIpc) is 2.48. The molecule has 22 heavy (non-hydrogen) atoms. The first-order valence-electron chi connectivity index (χ1n) is 7.20. The molecule has 2 radical (unpaired) electrons. The molecule has 2 nitrogen and oxygen atoms in total. The van der Waals surface area contributed by atoms with E-state index in [0.717, 1.165) is 44.5 Å². The third-order valence-electron chi connectivity index (χ3n) is 4.54. The van der Waals surface area contributed by atoms with E-state index in [9.17, 15) is 4.53 Å². The molecule has 0 fully saturated rings. The van der Waals surface area contributed by atoms with E-state index >= 15 is 0 Å². The van der Waals surface area contributed by atoms with Gasteiger partial charge in [-0.25, -0.2) is 0 Å². The summed E-state index contributed by atoms with van der Waals surface area (Å²) in [5.74, 6) is 1.00. The third kappa shape index (κ3) is 2.47. The Hall–Kier alpha value is -1.97. The zero-order valence-corrected chi connectivity index (χ0v) is 13.9. The standard InChI is InChI=1S/C18H20BFO2/c1-9-7-15(11(3)13(5)17(9)21-19)16-8-10(2)18(22-20)14(6)12(16)4/h7-8H,1-6H3. The van der Waals surface area contributed by atoms with Gasteiger partial charge in [-0.3, -0.25) is 4.94 Å². The van der Waals surface area contributed by atoms with E-state index in [0.29, 0.717) is 11.5 Å². The summed E-state index contributed by atoms with van der Waals surface area (Å²) in [7, 11) is 5.37. The Labute approximate surface area is 132 Å². The lowest BCUT2D eigenvalue weighted by Gasteiger charge is -2.19. The van der Waals surface area contributed by atoms with Crippen LogP contribution in [0.15, 0.2) is 12.1 Å². The maximum atomic E-state index is 12.7. The summed E-state index contributed by atoms with van der Waals surface area (Å²) in [6.07, 6.45) is 0. The van der Waals surface area contributed by atoms with Gasteiger partial charge in [0.1, 0.15) is 5.75 Å². The van der Waals surface area contributed by atoms with Crippen molar-refractivity contribution in [2.45, 2.75) is 41.5 Å². The van der Waals surface area contributed by atoms with Crippen LogP contribution in [0.4, 0.5) is 4.53 Å². The Bertz CT molecular complexity index is 675. The van der Waals surface area contributed by atoms with Crippen LogP contribution in [-0.2, 0) is 0 Å². The fraction of sp³-hybridized carbons (Fsp3) is 0.333. The van der Waals surface area contributed by atoms with Gasteiger partial charge in [-0.2, -0.15) is 0 Å². The predicted octanol–water partition coefficient (Wildman–Crippen LogP) is 4.93. The van der Waals surface area contributed by atoms with Crippen molar-refractivity contribution in [1.29, 1.82) is 0 Å².